The smallest absolute Gasteiger partial charge is 0.365 e. The lowest BCUT2D eigenvalue weighted by atomic mass is 9.45. The van der Waals surface area contributed by atoms with Crippen LogP contribution in [0.3, 0.4) is 0 Å². The van der Waals surface area contributed by atoms with E-state index in [0.29, 0.717) is 155 Å². The van der Waals surface area contributed by atoms with Gasteiger partial charge < -0.3 is 103 Å². The molecule has 17 aliphatic rings. The van der Waals surface area contributed by atoms with Gasteiger partial charge in [-0.1, -0.05) is 46.3 Å². The van der Waals surface area contributed by atoms with Gasteiger partial charge in [-0.25, -0.2) is 27.6 Å². The number of fused-ring (bicyclic) bond motifs is 16. The van der Waals surface area contributed by atoms with Crippen LogP contribution in [0.25, 0.3) is 32.7 Å². The number of ketones is 4. The molecule has 3 aromatic heterocycles. The van der Waals surface area contributed by atoms with E-state index in [9.17, 15) is 54.6 Å². The second-order valence-electron chi connectivity index (χ2n) is 47.1. The van der Waals surface area contributed by atoms with Crippen LogP contribution in [-0.4, -0.2) is 227 Å². The lowest BCUT2D eigenvalue weighted by Gasteiger charge is -2.60. The zero-order valence-corrected chi connectivity index (χ0v) is 86.2. The Morgan fingerprint density at radius 2 is 0.789 bits per heavy atom. The van der Waals surface area contributed by atoms with Crippen molar-refractivity contribution in [1.29, 1.82) is 0 Å². The summed E-state index contributed by atoms with van der Waals surface area (Å²) < 4.78 is 92.1. The molecular weight excluding hydrogens is 1890 g/mol. The molecule has 0 amide bonds. The summed E-state index contributed by atoms with van der Waals surface area (Å²) >= 11 is 0. The van der Waals surface area contributed by atoms with Crippen molar-refractivity contribution in [3.05, 3.63) is 122 Å². The van der Waals surface area contributed by atoms with Crippen LogP contribution in [0, 0.1) is 134 Å². The molecular formula is C113H146F3N9O22. The van der Waals surface area contributed by atoms with E-state index >= 15 is 37.1 Å². The molecule has 6 saturated heterocycles. The van der Waals surface area contributed by atoms with Gasteiger partial charge in [-0.2, -0.15) is 0 Å². The van der Waals surface area contributed by atoms with E-state index in [0.717, 1.165) is 109 Å². The Hall–Kier alpha value is -9.91. The topological polar surface area (TPSA) is 408 Å². The molecule has 0 bridgehead atoms. The molecule has 6 aromatic rings. The van der Waals surface area contributed by atoms with Crippen LogP contribution in [0.4, 0.5) is 30.2 Å². The number of rotatable bonds is 20. The molecule has 0 spiro atoms. The number of hydrogen-bond donors (Lipinski definition) is 9. The number of aliphatic hydroxyl groups excluding tert-OH is 3. The molecule has 20 atom stereocenters. The third-order valence-corrected chi connectivity index (χ3v) is 39.6. The number of hydrogen-bond acceptors (Lipinski definition) is 27. The number of carboxylic acid groups (broad SMARTS) is 1. The summed E-state index contributed by atoms with van der Waals surface area (Å²) in [5, 5.41) is 77.1. The highest BCUT2D eigenvalue weighted by molar-refractivity contribution is 6.04. The average Bonchev–Trinajstić information content (AvgIpc) is 1.56. The van der Waals surface area contributed by atoms with Crippen LogP contribution in [0.5, 0.6) is 17.2 Å². The molecule has 3 aromatic carbocycles. The Morgan fingerprint density at radius 3 is 1.11 bits per heavy atom. The number of carbonyl (C=O) groups excluding carboxylic acids is 6. The quantitative estimate of drug-likeness (QED) is 0.0253. The lowest BCUT2D eigenvalue weighted by molar-refractivity contribution is -0.237. The fourth-order valence-corrected chi connectivity index (χ4v) is 31.9. The number of nitrogens with one attached hydrogen (secondary N) is 3. The van der Waals surface area contributed by atoms with Gasteiger partial charge in [0, 0.05) is 133 Å². The number of nitrogens with zero attached hydrogens (tertiary/aromatic N) is 6. The average molecular weight is 2040 g/mol. The molecule has 6 aliphatic heterocycles. The van der Waals surface area contributed by atoms with Crippen LogP contribution in [0.15, 0.2) is 37.7 Å². The summed E-state index contributed by atoms with van der Waals surface area (Å²) in [5.41, 5.74) is -4.72. The van der Waals surface area contributed by atoms with Gasteiger partial charge in [0.15, 0.2) is 57.8 Å². The Morgan fingerprint density at radius 1 is 0.456 bits per heavy atom. The van der Waals surface area contributed by atoms with Gasteiger partial charge >= 0.3 is 24.4 Å². The molecule has 796 valence electrons. The molecule has 15 fully saturated rings. The van der Waals surface area contributed by atoms with Gasteiger partial charge in [0.2, 0.25) is 16.3 Å². The Labute approximate surface area is 853 Å². The Kier molecular flexibility index (Phi) is 27.3. The third kappa shape index (κ3) is 16.3. The van der Waals surface area contributed by atoms with Crippen molar-refractivity contribution < 1.29 is 106 Å². The maximum absolute atomic E-state index is 17.3. The normalized spacial score (nSPS) is 33.1. The summed E-state index contributed by atoms with van der Waals surface area (Å²) in [6, 6.07) is 0.258. The Balaban J connectivity index is 0.000000182. The highest BCUT2D eigenvalue weighted by Crippen LogP contribution is 2.71. The van der Waals surface area contributed by atoms with Gasteiger partial charge in [0.1, 0.15) is 58.2 Å². The lowest BCUT2D eigenvalue weighted by Crippen LogP contribution is -2.62. The first-order chi connectivity index (χ1) is 69.6. The minimum Gasteiger partial charge on any atom is -0.492 e. The number of benzene rings is 3. The largest absolute Gasteiger partial charge is 0.492 e. The highest BCUT2D eigenvalue weighted by Gasteiger charge is 2.71. The number of anilines is 3. The minimum absolute atomic E-state index is 0. The first-order valence-corrected chi connectivity index (χ1v) is 53.6. The number of carboxylic acids is 1. The van der Waals surface area contributed by atoms with Crippen LogP contribution >= 0.6 is 0 Å². The van der Waals surface area contributed by atoms with Gasteiger partial charge in [0.25, 0.3) is 0 Å². The van der Waals surface area contributed by atoms with Gasteiger partial charge in [-0.3, -0.25) is 33.6 Å². The number of aromatic nitrogens is 3. The van der Waals surface area contributed by atoms with Gasteiger partial charge in [-0.05, 0) is 292 Å². The fraction of sp³-hybridized carbons (Fsp3) is 0.664. The van der Waals surface area contributed by atoms with E-state index in [1.54, 1.807) is 39.8 Å². The predicted molar refractivity (Wildman–Crippen MR) is 545 cm³/mol. The number of aryl methyl sites for hydroxylation is 3. The molecule has 0 radical (unpaired) electrons. The molecule has 31 nitrogen and oxygen atoms in total. The minimum atomic E-state index is -2.46. The number of aliphatic hydroxyl groups is 5. The van der Waals surface area contributed by atoms with Crippen molar-refractivity contribution in [2.45, 2.75) is 310 Å². The summed E-state index contributed by atoms with van der Waals surface area (Å²) in [5.74, 6) is -5.25. The van der Waals surface area contributed by atoms with Crippen molar-refractivity contribution in [2.75, 3.05) is 108 Å². The van der Waals surface area contributed by atoms with Crippen LogP contribution < -0.4 is 61.1 Å². The molecule has 147 heavy (non-hydrogen) atoms. The van der Waals surface area contributed by atoms with Crippen molar-refractivity contribution in [3.63, 3.8) is 0 Å². The number of Topliss-reactive ketones (excluding diaryl/α,β-unsaturated/α-hetero) is 2. The second-order valence-corrected chi connectivity index (χ2v) is 47.1. The maximum atomic E-state index is 17.3. The predicted octanol–water partition coefficient (Wildman–Crippen LogP) is 13.4. The first-order valence-electron chi connectivity index (χ1n) is 53.6. The van der Waals surface area contributed by atoms with E-state index in [1.807, 2.05) is 42.2 Å². The summed E-state index contributed by atoms with van der Waals surface area (Å²) in [4.78, 5) is 144. The van der Waals surface area contributed by atoms with E-state index in [2.05, 4.69) is 29.8 Å². The summed E-state index contributed by atoms with van der Waals surface area (Å²) in [7, 11) is 4.37. The molecule has 23 rings (SSSR count). The first kappa shape index (κ1) is 104. The van der Waals surface area contributed by atoms with Crippen molar-refractivity contribution in [3.8, 4) is 17.2 Å². The molecule has 34 heteroatoms. The molecule has 9 saturated carbocycles. The number of carbonyl (C=O) groups is 7. The molecule has 11 aliphatic carbocycles. The zero-order valence-electron chi connectivity index (χ0n) is 86.2. The highest BCUT2D eigenvalue weighted by atomic mass is 19.1. The van der Waals surface area contributed by atoms with Crippen molar-refractivity contribution in [2.24, 2.45) is 74.9 Å². The van der Waals surface area contributed by atoms with E-state index in [4.69, 9.17) is 28.4 Å². The number of piperidine rings is 3. The summed E-state index contributed by atoms with van der Waals surface area (Å²) in [6.07, 6.45) is 20.0. The number of pyridine rings is 3. The number of esters is 2. The van der Waals surface area contributed by atoms with Crippen molar-refractivity contribution in [1.82, 2.24) is 29.7 Å². The molecule has 6 unspecified atom stereocenters. The van der Waals surface area contributed by atoms with Crippen LogP contribution in [0.2, 0.25) is 0 Å². The van der Waals surface area contributed by atoms with Gasteiger partial charge in [-0.15, -0.1) is 0 Å². The maximum Gasteiger partial charge on any atom is 0.365 e. The van der Waals surface area contributed by atoms with E-state index in [1.165, 1.54) is 40.7 Å². The summed E-state index contributed by atoms with van der Waals surface area (Å²) in [6.45, 7) is 19.6. The molecule has 9 heterocycles. The standard InChI is InChI=1S/C68H84F2N6O13.C23H28FN3O4.C21H30O5.CH4/c1-32-48-55(61(85-7)57(53(32)69)73-27-36-11-9-23-71-44(36)29-73)75(39-14-15-39)34(3)50(59(48)80)63(82)88-65(87-31-47(79)68(84)22-20-43-42-18-13-38-25-41(77)19-21-66(38,5)52(42)46(78)26-67(43,68)6)89-64(83)51-35(4)76(40-16-17-40)56-49(60(51)81)33(2)54(70)58(62(56)86-8)74-28-37-12-10-24-72-45(37)30-74;1-11-16-19(27(14-6-7-14)12(2)17(21(16)28)23(29)30)22(31-3)20(18(11)24)26-9-13-5-4-8-25-15(13)10-26;1-19-7-5-13(23)9-12(19)3-4-14-15-6-8-21(26,17(25)11-22)20(15,2)10-16(24)18(14)19;/h25,36-37,39-40,42-46,52,65,71-72,78,84H,9-24,26-31H2,1-8H3;13-15,25H,4-10H2,1-3H3,(H,29,30);9,14-16,18,22,24,26H,3-8,10-11H2,1-2H3;1H4/t36?,37?,42-,43-,44?,45?,46-,52+,65?,66-,67-,68-;;14-,15-,16-,18+,19-,20-,21-;/m0.0./s1. The number of ether oxygens (including phenoxy) is 6. The monoisotopic (exact) mass is 2040 g/mol. The number of aromatic carboxylic acids is 1. The van der Waals surface area contributed by atoms with E-state index < -0.39 is 134 Å². The fourth-order valence-electron chi connectivity index (χ4n) is 31.9. The van der Waals surface area contributed by atoms with Gasteiger partial charge in [0.05, 0.1) is 66.2 Å². The van der Waals surface area contributed by atoms with Crippen molar-refractivity contribution >= 4 is 90.8 Å². The number of methoxy groups -OCH3 is 3. The number of allylic oxidation sites excluding steroid dienone is 2. The number of halogens is 3. The molecule has 9 N–H and O–H groups in total. The SMILES string of the molecule is C.COc1c(N2CC3CCCNC3C2)c(F)c(C)c2c(=O)c(C(=O)O)c(C)n(C3CC3)c12.COc1c(N2CC3CCCNC3C2)c(F)c(C)c2c(=O)c(C(=O)OC(OCC(=O)[C@@]3(O)CC[C@H]4[C@@H]5CCC6=CC(=O)CC[C@]6(C)[C@H]5[C@@H](O)C[C@@]43C)OC(=O)c3c(C)n(C4CC4)c4c(OC)c(N5CC6CCCNC6C5)c(F)c(C)c4c3=O)c(C)n(C3CC3)c12.C[C@]12CCC(=O)C=C1CC[C@@H]1[C@@H]2[C@@H](O)C[C@@]2(C)[C@H]1CC[C@]2(O)C(=O)CO. The van der Waals surface area contributed by atoms with Crippen LogP contribution in [-0.2, 0) is 33.4 Å². The van der Waals surface area contributed by atoms with Crippen LogP contribution in [0.1, 0.15) is 285 Å². The third-order valence-electron chi connectivity index (χ3n) is 39.6. The van der Waals surface area contributed by atoms with E-state index in [-0.39, 0.29) is 187 Å². The second kappa shape index (κ2) is 38.5. The zero-order chi connectivity index (χ0) is 104. The Bertz CT molecular complexity index is 6510.